The Hall–Kier alpha value is -0.390. The molecule has 0 aliphatic carbocycles. The monoisotopic (exact) mass is 278 g/mol. The average Bonchev–Trinajstić information content (AvgIpc) is 2.02. The number of rotatable bonds is 3. The van der Waals surface area contributed by atoms with Crippen LogP contribution >= 0.6 is 15.9 Å². The van der Waals surface area contributed by atoms with E-state index in [1.165, 1.54) is 6.07 Å². The fraction of sp³-hybridized carbons (Fsp3) is 0.333. The number of aryl methyl sites for hydroxylation is 2. The average molecular weight is 279 g/mol. The Kier molecular flexibility index (Phi) is 3.69. The van der Waals surface area contributed by atoms with E-state index in [2.05, 4.69) is 15.9 Å². The number of alkyl halides is 1. The molecular formula is C9H11BrO3S. The first kappa shape index (κ1) is 11.7. The molecule has 78 valence electrons. The van der Waals surface area contributed by atoms with Crippen LogP contribution in [-0.4, -0.2) is 18.3 Å². The highest BCUT2D eigenvalue weighted by molar-refractivity contribution is 9.09. The highest BCUT2D eigenvalue weighted by Crippen LogP contribution is 2.18. The topological polar surface area (TPSA) is 54.4 Å². The minimum Gasteiger partial charge on any atom is -0.282 e. The van der Waals surface area contributed by atoms with E-state index in [0.717, 1.165) is 5.56 Å². The molecule has 0 amide bonds. The molecule has 0 saturated carbocycles. The first-order valence-electron chi connectivity index (χ1n) is 4.08. The quantitative estimate of drug-likeness (QED) is 0.681. The van der Waals surface area contributed by atoms with Gasteiger partial charge in [0.15, 0.2) is 0 Å². The first-order valence-corrected chi connectivity index (χ1v) is 6.64. The van der Waals surface area contributed by atoms with E-state index in [9.17, 15) is 8.42 Å². The maximum atomic E-state index is 11.0. The molecule has 0 heterocycles. The van der Waals surface area contributed by atoms with Gasteiger partial charge in [-0.2, -0.15) is 8.42 Å². The molecule has 14 heavy (non-hydrogen) atoms. The van der Waals surface area contributed by atoms with Crippen LogP contribution in [0.3, 0.4) is 0 Å². The second-order valence-corrected chi connectivity index (χ2v) is 5.21. The van der Waals surface area contributed by atoms with Crippen molar-refractivity contribution in [2.45, 2.75) is 18.2 Å². The third-order valence-corrected chi connectivity index (χ3v) is 3.21. The van der Waals surface area contributed by atoms with E-state index in [-0.39, 0.29) is 4.90 Å². The van der Waals surface area contributed by atoms with E-state index < -0.39 is 10.1 Å². The zero-order valence-electron chi connectivity index (χ0n) is 7.70. The van der Waals surface area contributed by atoms with E-state index in [1.807, 2.05) is 6.92 Å². The molecule has 3 nitrogen and oxygen atoms in total. The number of hydrogen-bond acceptors (Lipinski definition) is 2. The standard InChI is InChI=1S/C9H11BrO3S/c1-7-2-3-9(14(11,12)13)8(6-7)4-5-10/h2-3,6H,4-5H2,1H3,(H,11,12,13). The molecule has 0 aliphatic rings. The Morgan fingerprint density at radius 1 is 1.43 bits per heavy atom. The van der Waals surface area contributed by atoms with Crippen LogP contribution in [0, 0.1) is 6.92 Å². The Labute approximate surface area is 92.0 Å². The lowest BCUT2D eigenvalue weighted by molar-refractivity contribution is 0.482. The van der Waals surface area contributed by atoms with Crippen LogP contribution in [-0.2, 0) is 16.5 Å². The van der Waals surface area contributed by atoms with Crippen molar-refractivity contribution in [3.63, 3.8) is 0 Å². The second kappa shape index (κ2) is 4.42. The normalized spacial score (nSPS) is 11.6. The van der Waals surface area contributed by atoms with Crippen molar-refractivity contribution < 1.29 is 13.0 Å². The Balaban J connectivity index is 3.29. The van der Waals surface area contributed by atoms with Crippen molar-refractivity contribution in [3.05, 3.63) is 29.3 Å². The Bertz CT molecular complexity index is 426. The molecule has 1 N–H and O–H groups in total. The molecule has 1 rings (SSSR count). The highest BCUT2D eigenvalue weighted by atomic mass is 79.9. The van der Waals surface area contributed by atoms with Crippen LogP contribution in [0.15, 0.2) is 23.1 Å². The van der Waals surface area contributed by atoms with Crippen molar-refractivity contribution in [1.29, 1.82) is 0 Å². The molecule has 0 atom stereocenters. The van der Waals surface area contributed by atoms with E-state index in [4.69, 9.17) is 4.55 Å². The van der Waals surface area contributed by atoms with Gasteiger partial charge >= 0.3 is 0 Å². The van der Waals surface area contributed by atoms with Gasteiger partial charge in [-0.25, -0.2) is 0 Å². The van der Waals surface area contributed by atoms with Gasteiger partial charge < -0.3 is 0 Å². The van der Waals surface area contributed by atoms with Crippen LogP contribution in [0.1, 0.15) is 11.1 Å². The van der Waals surface area contributed by atoms with Gasteiger partial charge in [0.1, 0.15) is 0 Å². The summed E-state index contributed by atoms with van der Waals surface area (Å²) < 4.78 is 30.9. The van der Waals surface area contributed by atoms with Gasteiger partial charge in [-0.05, 0) is 25.0 Å². The maximum absolute atomic E-state index is 11.0. The lowest BCUT2D eigenvalue weighted by atomic mass is 10.1. The number of hydrogen-bond donors (Lipinski definition) is 1. The molecule has 1 aromatic carbocycles. The van der Waals surface area contributed by atoms with Gasteiger partial charge in [-0.15, -0.1) is 0 Å². The number of halogens is 1. The number of benzene rings is 1. The third-order valence-electron chi connectivity index (χ3n) is 1.86. The van der Waals surface area contributed by atoms with Crippen LogP contribution in [0.2, 0.25) is 0 Å². The molecule has 0 aromatic heterocycles. The first-order chi connectivity index (χ1) is 6.45. The summed E-state index contributed by atoms with van der Waals surface area (Å²) in [4.78, 5) is 0.00236. The lowest BCUT2D eigenvalue weighted by Gasteiger charge is -2.06. The molecule has 0 unspecified atom stereocenters. The van der Waals surface area contributed by atoms with Crippen molar-refractivity contribution in [3.8, 4) is 0 Å². The molecule has 0 bridgehead atoms. The fourth-order valence-electron chi connectivity index (χ4n) is 1.26. The maximum Gasteiger partial charge on any atom is 0.294 e. The highest BCUT2D eigenvalue weighted by Gasteiger charge is 2.14. The Morgan fingerprint density at radius 2 is 2.07 bits per heavy atom. The molecule has 1 aromatic rings. The fourth-order valence-corrected chi connectivity index (χ4v) is 2.42. The molecule has 0 spiro atoms. The molecule has 0 aliphatic heterocycles. The molecule has 0 saturated heterocycles. The molecule has 5 heteroatoms. The summed E-state index contributed by atoms with van der Waals surface area (Å²) in [5.74, 6) is 0. The van der Waals surface area contributed by atoms with Crippen molar-refractivity contribution >= 4 is 26.0 Å². The summed E-state index contributed by atoms with van der Waals surface area (Å²) in [5, 5.41) is 0.666. The smallest absolute Gasteiger partial charge is 0.282 e. The summed E-state index contributed by atoms with van der Waals surface area (Å²) in [5.41, 5.74) is 1.62. The van der Waals surface area contributed by atoms with Gasteiger partial charge in [-0.3, -0.25) is 4.55 Å². The summed E-state index contributed by atoms with van der Waals surface area (Å²) in [6.45, 7) is 1.88. The minimum atomic E-state index is -4.09. The van der Waals surface area contributed by atoms with Gasteiger partial charge in [0.25, 0.3) is 10.1 Å². The van der Waals surface area contributed by atoms with Crippen LogP contribution in [0.5, 0.6) is 0 Å². The third kappa shape index (κ3) is 2.80. The minimum absolute atomic E-state index is 0.00236. The van der Waals surface area contributed by atoms with Crippen molar-refractivity contribution in [1.82, 2.24) is 0 Å². The summed E-state index contributed by atoms with van der Waals surface area (Å²) in [6.07, 6.45) is 0.580. The summed E-state index contributed by atoms with van der Waals surface area (Å²) in [7, 11) is -4.09. The van der Waals surface area contributed by atoms with Crippen LogP contribution < -0.4 is 0 Å². The molecular weight excluding hydrogens is 268 g/mol. The zero-order valence-corrected chi connectivity index (χ0v) is 10.1. The SMILES string of the molecule is Cc1ccc(S(=O)(=O)O)c(CCBr)c1. The van der Waals surface area contributed by atoms with E-state index in [1.54, 1.807) is 12.1 Å². The molecule has 0 fully saturated rings. The van der Waals surface area contributed by atoms with Gasteiger partial charge in [-0.1, -0.05) is 33.6 Å². The van der Waals surface area contributed by atoms with Crippen molar-refractivity contribution in [2.24, 2.45) is 0 Å². The molecule has 0 radical (unpaired) electrons. The van der Waals surface area contributed by atoms with Gasteiger partial charge in [0, 0.05) is 5.33 Å². The predicted octanol–water partition coefficient (Wildman–Crippen LogP) is 2.18. The largest absolute Gasteiger partial charge is 0.294 e. The lowest BCUT2D eigenvalue weighted by Crippen LogP contribution is -2.04. The Morgan fingerprint density at radius 3 is 2.57 bits per heavy atom. The van der Waals surface area contributed by atoms with Crippen molar-refractivity contribution in [2.75, 3.05) is 5.33 Å². The van der Waals surface area contributed by atoms with Crippen LogP contribution in [0.4, 0.5) is 0 Å². The second-order valence-electron chi connectivity index (χ2n) is 3.03. The van der Waals surface area contributed by atoms with E-state index >= 15 is 0 Å². The van der Waals surface area contributed by atoms with Gasteiger partial charge in [0.2, 0.25) is 0 Å². The summed E-state index contributed by atoms with van der Waals surface area (Å²) >= 11 is 3.24. The van der Waals surface area contributed by atoms with Gasteiger partial charge in [0.05, 0.1) is 4.90 Å². The van der Waals surface area contributed by atoms with E-state index in [0.29, 0.717) is 17.3 Å². The summed E-state index contributed by atoms with van der Waals surface area (Å²) in [6, 6.07) is 4.87. The zero-order chi connectivity index (χ0) is 10.8. The predicted molar refractivity (Wildman–Crippen MR) is 58.5 cm³/mol. The van der Waals surface area contributed by atoms with Crippen LogP contribution in [0.25, 0.3) is 0 Å².